The number of aromatic nitrogens is 2. The van der Waals surface area contributed by atoms with Crippen molar-refractivity contribution < 1.29 is 23.1 Å². The average Bonchev–Trinajstić information content (AvgIpc) is 3.16. The standard InChI is InChI=1S/C20H24F2N4O3/c1-11(2)8-16(19(27)29-3)25-20(28)26-7-6-15-17(24-10-23-15)18(26)13-9-12(21)4-5-14(13)22/h4-5,9-11,16,18H,6-8H2,1-3H3,(H,23,24)(H,25,28)/t16-,18+/m0/s1. The van der Waals surface area contributed by atoms with E-state index in [1.165, 1.54) is 18.3 Å². The number of halogens is 2. The van der Waals surface area contributed by atoms with Crippen molar-refractivity contribution in [2.24, 2.45) is 5.92 Å². The summed E-state index contributed by atoms with van der Waals surface area (Å²) in [6.45, 7) is 4.09. The average molecular weight is 406 g/mol. The van der Waals surface area contributed by atoms with Crippen LogP contribution in [0.4, 0.5) is 13.6 Å². The quantitative estimate of drug-likeness (QED) is 0.748. The number of methoxy groups -OCH3 is 1. The molecule has 0 aliphatic carbocycles. The largest absolute Gasteiger partial charge is 0.467 e. The number of nitrogens with one attached hydrogen (secondary N) is 2. The van der Waals surface area contributed by atoms with Gasteiger partial charge in [0.1, 0.15) is 23.7 Å². The highest BCUT2D eigenvalue weighted by Crippen LogP contribution is 2.35. The van der Waals surface area contributed by atoms with Crippen LogP contribution in [0.25, 0.3) is 0 Å². The highest BCUT2D eigenvalue weighted by atomic mass is 19.1. The number of carbonyl (C=O) groups excluding carboxylic acids is 2. The summed E-state index contributed by atoms with van der Waals surface area (Å²) in [7, 11) is 1.25. The molecule has 0 unspecified atom stereocenters. The number of hydrogen-bond donors (Lipinski definition) is 2. The Morgan fingerprint density at radius 1 is 1.38 bits per heavy atom. The first-order valence-corrected chi connectivity index (χ1v) is 9.43. The molecule has 0 saturated heterocycles. The fourth-order valence-electron chi connectivity index (χ4n) is 3.59. The van der Waals surface area contributed by atoms with E-state index in [1.807, 2.05) is 13.8 Å². The molecule has 1 aliphatic rings. The summed E-state index contributed by atoms with van der Waals surface area (Å²) in [6.07, 6.45) is 2.33. The lowest BCUT2D eigenvalue weighted by Crippen LogP contribution is -2.51. The van der Waals surface area contributed by atoms with Gasteiger partial charge in [-0.1, -0.05) is 13.8 Å². The molecule has 1 aromatic heterocycles. The SMILES string of the molecule is COC(=O)[C@H](CC(C)C)NC(=O)N1CCc2[nH]cnc2[C@H]1c1cc(F)ccc1F. The van der Waals surface area contributed by atoms with Gasteiger partial charge in [0.2, 0.25) is 0 Å². The van der Waals surface area contributed by atoms with Crippen LogP contribution >= 0.6 is 0 Å². The Hall–Kier alpha value is -2.97. The Bertz CT molecular complexity index is 900. The normalized spacial score (nSPS) is 17.0. The van der Waals surface area contributed by atoms with Crippen molar-refractivity contribution >= 4 is 12.0 Å². The molecule has 0 saturated carbocycles. The van der Waals surface area contributed by atoms with Crippen molar-refractivity contribution in [2.45, 2.75) is 38.8 Å². The van der Waals surface area contributed by atoms with E-state index in [0.29, 0.717) is 18.5 Å². The Morgan fingerprint density at radius 2 is 2.14 bits per heavy atom. The molecule has 2 heterocycles. The number of imidazole rings is 1. The zero-order valence-corrected chi connectivity index (χ0v) is 16.5. The predicted octanol–water partition coefficient (Wildman–Crippen LogP) is 2.93. The van der Waals surface area contributed by atoms with Crippen LogP contribution in [0.1, 0.15) is 43.3 Å². The minimum absolute atomic E-state index is 0.00618. The number of amides is 2. The van der Waals surface area contributed by atoms with Gasteiger partial charge in [-0.2, -0.15) is 0 Å². The molecule has 156 valence electrons. The van der Waals surface area contributed by atoms with Gasteiger partial charge in [0.05, 0.1) is 19.1 Å². The Kier molecular flexibility index (Phi) is 6.14. The molecule has 1 aliphatic heterocycles. The zero-order chi connectivity index (χ0) is 21.1. The number of benzene rings is 1. The maximum atomic E-state index is 14.6. The minimum Gasteiger partial charge on any atom is -0.467 e. The molecule has 29 heavy (non-hydrogen) atoms. The second-order valence-corrected chi connectivity index (χ2v) is 7.43. The number of carbonyl (C=O) groups is 2. The van der Waals surface area contributed by atoms with Crippen molar-refractivity contribution in [1.82, 2.24) is 20.2 Å². The van der Waals surface area contributed by atoms with Gasteiger partial charge in [0, 0.05) is 24.2 Å². The summed E-state index contributed by atoms with van der Waals surface area (Å²) >= 11 is 0. The van der Waals surface area contributed by atoms with Gasteiger partial charge in [0.15, 0.2) is 0 Å². The molecule has 0 radical (unpaired) electrons. The fraction of sp³-hybridized carbons (Fsp3) is 0.450. The molecule has 2 atom stereocenters. The smallest absolute Gasteiger partial charge is 0.328 e. The number of nitrogens with zero attached hydrogens (tertiary/aromatic N) is 2. The van der Waals surface area contributed by atoms with E-state index in [4.69, 9.17) is 4.74 Å². The monoisotopic (exact) mass is 406 g/mol. The highest BCUT2D eigenvalue weighted by Gasteiger charge is 2.37. The number of aromatic amines is 1. The van der Waals surface area contributed by atoms with Crippen LogP contribution in [0, 0.1) is 17.6 Å². The summed E-state index contributed by atoms with van der Waals surface area (Å²) in [5.41, 5.74) is 1.22. The Balaban J connectivity index is 1.95. The summed E-state index contributed by atoms with van der Waals surface area (Å²) < 4.78 is 33.2. The summed E-state index contributed by atoms with van der Waals surface area (Å²) in [5, 5.41) is 2.68. The van der Waals surface area contributed by atoms with E-state index in [0.717, 1.165) is 23.9 Å². The van der Waals surface area contributed by atoms with Crippen LogP contribution in [-0.2, 0) is 16.0 Å². The topological polar surface area (TPSA) is 87.3 Å². The number of esters is 1. The number of urea groups is 1. The van der Waals surface area contributed by atoms with Gasteiger partial charge in [-0.05, 0) is 30.5 Å². The third-order valence-corrected chi connectivity index (χ3v) is 4.93. The van der Waals surface area contributed by atoms with Crippen LogP contribution < -0.4 is 5.32 Å². The summed E-state index contributed by atoms with van der Waals surface area (Å²) in [5.74, 6) is -1.68. The first kappa shape index (κ1) is 20.8. The number of rotatable bonds is 5. The van der Waals surface area contributed by atoms with Crippen molar-refractivity contribution in [2.75, 3.05) is 13.7 Å². The maximum Gasteiger partial charge on any atom is 0.328 e. The molecular formula is C20H24F2N4O3. The summed E-state index contributed by atoms with van der Waals surface area (Å²) in [6, 6.07) is 0.786. The van der Waals surface area contributed by atoms with E-state index >= 15 is 0 Å². The highest BCUT2D eigenvalue weighted by molar-refractivity contribution is 5.84. The Morgan fingerprint density at radius 3 is 2.83 bits per heavy atom. The first-order valence-electron chi connectivity index (χ1n) is 9.43. The molecule has 2 amide bonds. The van der Waals surface area contributed by atoms with Crippen LogP contribution in [0.2, 0.25) is 0 Å². The molecule has 2 N–H and O–H groups in total. The zero-order valence-electron chi connectivity index (χ0n) is 16.5. The molecule has 0 spiro atoms. The molecule has 2 aromatic rings. The lowest BCUT2D eigenvalue weighted by atomic mass is 9.95. The van der Waals surface area contributed by atoms with Gasteiger partial charge < -0.3 is 19.9 Å². The number of H-pyrrole nitrogens is 1. The summed E-state index contributed by atoms with van der Waals surface area (Å²) in [4.78, 5) is 33.8. The van der Waals surface area contributed by atoms with E-state index in [1.54, 1.807) is 0 Å². The maximum absolute atomic E-state index is 14.6. The number of ether oxygens (including phenoxy) is 1. The van der Waals surface area contributed by atoms with Gasteiger partial charge >= 0.3 is 12.0 Å². The molecule has 7 nitrogen and oxygen atoms in total. The lowest BCUT2D eigenvalue weighted by molar-refractivity contribution is -0.143. The number of fused-ring (bicyclic) bond motifs is 1. The predicted molar refractivity (Wildman–Crippen MR) is 101 cm³/mol. The van der Waals surface area contributed by atoms with Crippen LogP contribution in [0.15, 0.2) is 24.5 Å². The number of hydrogen-bond acceptors (Lipinski definition) is 4. The fourth-order valence-corrected chi connectivity index (χ4v) is 3.59. The van der Waals surface area contributed by atoms with Gasteiger partial charge in [-0.3, -0.25) is 0 Å². The Labute approximate surface area is 167 Å². The second kappa shape index (κ2) is 8.59. The molecule has 9 heteroatoms. The molecule has 1 aromatic carbocycles. The minimum atomic E-state index is -0.918. The van der Waals surface area contributed by atoms with Gasteiger partial charge in [-0.15, -0.1) is 0 Å². The molecule has 0 fully saturated rings. The van der Waals surface area contributed by atoms with E-state index in [9.17, 15) is 18.4 Å². The van der Waals surface area contributed by atoms with E-state index < -0.39 is 35.7 Å². The van der Waals surface area contributed by atoms with Gasteiger partial charge in [-0.25, -0.2) is 23.4 Å². The van der Waals surface area contributed by atoms with Crippen molar-refractivity contribution in [1.29, 1.82) is 0 Å². The van der Waals surface area contributed by atoms with Crippen molar-refractivity contribution in [3.05, 3.63) is 53.1 Å². The molecule has 3 rings (SSSR count). The van der Waals surface area contributed by atoms with Crippen LogP contribution in [0.5, 0.6) is 0 Å². The lowest BCUT2D eigenvalue weighted by Gasteiger charge is -2.36. The van der Waals surface area contributed by atoms with Gasteiger partial charge in [0.25, 0.3) is 0 Å². The van der Waals surface area contributed by atoms with Crippen molar-refractivity contribution in [3.63, 3.8) is 0 Å². The van der Waals surface area contributed by atoms with Crippen molar-refractivity contribution in [3.8, 4) is 0 Å². The molecule has 0 bridgehead atoms. The first-order chi connectivity index (χ1) is 13.8. The third kappa shape index (κ3) is 4.38. The van der Waals surface area contributed by atoms with E-state index in [2.05, 4.69) is 15.3 Å². The third-order valence-electron chi connectivity index (χ3n) is 4.93. The van der Waals surface area contributed by atoms with Crippen LogP contribution in [-0.4, -0.2) is 46.6 Å². The van der Waals surface area contributed by atoms with E-state index in [-0.39, 0.29) is 18.0 Å². The van der Waals surface area contributed by atoms with Crippen LogP contribution in [0.3, 0.4) is 0 Å². The molecular weight excluding hydrogens is 382 g/mol. The second-order valence-electron chi connectivity index (χ2n) is 7.43.